The van der Waals surface area contributed by atoms with Crippen LogP contribution in [-0.2, 0) is 10.8 Å². The summed E-state index contributed by atoms with van der Waals surface area (Å²) >= 11 is 3.62. The topological polar surface area (TPSA) is 81.0 Å². The second-order valence-electron chi connectivity index (χ2n) is 10.0. The number of nitrogens with zero attached hydrogens (tertiary/aromatic N) is 6. The van der Waals surface area contributed by atoms with Crippen molar-refractivity contribution in [2.24, 2.45) is 9.98 Å². The molecule has 2 spiro atoms. The maximum atomic E-state index is 9.38. The molecule has 176 valence electrons. The van der Waals surface area contributed by atoms with Crippen molar-refractivity contribution >= 4 is 55.9 Å². The van der Waals surface area contributed by atoms with E-state index in [1.165, 1.54) is 43.1 Å². The number of fused-ring (bicyclic) bond motifs is 7. The third kappa shape index (κ3) is 3.09. The van der Waals surface area contributed by atoms with Crippen LogP contribution < -0.4 is 0 Å². The number of hydrogen-bond acceptors (Lipinski definition) is 6. The normalized spacial score (nSPS) is 21.8. The maximum absolute atomic E-state index is 9.38. The monoisotopic (exact) mass is 506 g/mol. The highest BCUT2D eigenvalue weighted by Crippen LogP contribution is 2.63. The van der Waals surface area contributed by atoms with Crippen LogP contribution in [0.2, 0.25) is 0 Å². The Kier molecular flexibility index (Phi) is 5.42. The lowest BCUT2D eigenvalue weighted by Gasteiger charge is -2.34. The standard InChI is InChI=1S/C28H22N6S2/c1-31-21(15-29)33-19-13-17-23(27(19)9-5-3-6-10-27)25-26(35-17)24-18(36-25)14-20(34-22(16-30)32-2)28(24)11-7-4-8-12-28/h13-14H,3-12H2. The fourth-order valence-corrected chi connectivity index (χ4v) is 10.0. The van der Waals surface area contributed by atoms with Crippen LogP contribution in [0.5, 0.6) is 0 Å². The van der Waals surface area contributed by atoms with E-state index in [0.717, 1.165) is 62.8 Å². The predicted molar refractivity (Wildman–Crippen MR) is 144 cm³/mol. The average Bonchev–Trinajstić information content (AvgIpc) is 3.59. The van der Waals surface area contributed by atoms with Crippen molar-refractivity contribution in [2.45, 2.75) is 75.0 Å². The molecular formula is C28H22N6S2. The van der Waals surface area contributed by atoms with Crippen molar-refractivity contribution in [3.63, 3.8) is 0 Å². The molecule has 0 bridgehead atoms. The number of hydrogen-bond donors (Lipinski definition) is 0. The van der Waals surface area contributed by atoms with Gasteiger partial charge in [0.25, 0.3) is 0 Å². The minimum absolute atomic E-state index is 0.0917. The van der Waals surface area contributed by atoms with Crippen molar-refractivity contribution in [3.05, 3.63) is 55.1 Å². The minimum Gasteiger partial charge on any atom is -0.351 e. The molecule has 2 heterocycles. The average molecular weight is 507 g/mol. The lowest BCUT2D eigenvalue weighted by Crippen LogP contribution is -2.29. The number of thiophene rings is 2. The Labute approximate surface area is 218 Å². The predicted octanol–water partition coefficient (Wildman–Crippen LogP) is 7.76. The second-order valence-corrected chi connectivity index (χ2v) is 12.1. The third-order valence-corrected chi connectivity index (χ3v) is 10.8. The molecule has 4 aliphatic carbocycles. The van der Waals surface area contributed by atoms with E-state index in [0.29, 0.717) is 0 Å². The van der Waals surface area contributed by atoms with E-state index < -0.39 is 0 Å². The van der Waals surface area contributed by atoms with Crippen LogP contribution in [0, 0.1) is 35.8 Å². The molecule has 8 heteroatoms. The van der Waals surface area contributed by atoms with Gasteiger partial charge in [-0.05, 0) is 25.7 Å². The molecule has 2 aromatic rings. The molecule has 2 aromatic heterocycles. The summed E-state index contributed by atoms with van der Waals surface area (Å²) < 4.78 is 2.64. The number of rotatable bonds is 2. The zero-order chi connectivity index (χ0) is 24.9. The molecule has 0 unspecified atom stereocenters. The molecule has 0 atom stereocenters. The molecule has 0 saturated heterocycles. The molecule has 0 radical (unpaired) electrons. The second kappa shape index (κ2) is 8.53. The first-order chi connectivity index (χ1) is 17.6. The van der Waals surface area contributed by atoms with Crippen molar-refractivity contribution in [3.8, 4) is 12.1 Å². The van der Waals surface area contributed by atoms with Crippen molar-refractivity contribution in [1.29, 1.82) is 10.5 Å². The SMILES string of the molecule is [C-]#[N+]C(C#N)=NC1=Cc2sc3c4c(sc3c2C12CCCCC2)C=C(N=C(C#N)[N+]#[C-])C41CCCCC1. The van der Waals surface area contributed by atoms with Gasteiger partial charge < -0.3 is 9.69 Å². The highest BCUT2D eigenvalue weighted by molar-refractivity contribution is 7.29. The first kappa shape index (κ1) is 22.9. The summed E-state index contributed by atoms with van der Waals surface area (Å²) in [6.45, 7) is 14.7. The van der Waals surface area contributed by atoms with Crippen LogP contribution in [0.15, 0.2) is 21.4 Å². The maximum Gasteiger partial charge on any atom is 0.349 e. The number of allylic oxidation sites excluding steroid dienone is 2. The smallest absolute Gasteiger partial charge is 0.349 e. The number of nitriles is 2. The summed E-state index contributed by atoms with van der Waals surface area (Å²) in [5, 5.41) is 18.8. The Bertz CT molecular complexity index is 1430. The molecular weight excluding hydrogens is 484 g/mol. The largest absolute Gasteiger partial charge is 0.351 e. The molecule has 4 aliphatic rings. The van der Waals surface area contributed by atoms with Gasteiger partial charge in [-0.3, -0.25) is 0 Å². The van der Waals surface area contributed by atoms with E-state index in [1.807, 2.05) is 34.8 Å². The molecule has 6 rings (SSSR count). The zero-order valence-electron chi connectivity index (χ0n) is 19.7. The highest BCUT2D eigenvalue weighted by atomic mass is 32.1. The van der Waals surface area contributed by atoms with Gasteiger partial charge in [0.15, 0.2) is 0 Å². The molecule has 0 N–H and O–H groups in total. The summed E-state index contributed by atoms with van der Waals surface area (Å²) in [6.07, 6.45) is 15.1. The first-order valence-corrected chi connectivity index (χ1v) is 14.0. The van der Waals surface area contributed by atoms with Gasteiger partial charge in [-0.2, -0.15) is 0 Å². The van der Waals surface area contributed by atoms with Crippen LogP contribution in [-0.4, -0.2) is 11.7 Å². The molecule has 36 heavy (non-hydrogen) atoms. The summed E-state index contributed by atoms with van der Waals surface area (Å²) in [5.74, 6) is -0.183. The van der Waals surface area contributed by atoms with E-state index in [1.54, 1.807) is 0 Å². The molecule has 2 saturated carbocycles. The first-order valence-electron chi connectivity index (χ1n) is 12.4. The lowest BCUT2D eigenvalue weighted by molar-refractivity contribution is 0.345. The van der Waals surface area contributed by atoms with E-state index in [-0.39, 0.29) is 22.5 Å². The van der Waals surface area contributed by atoms with Gasteiger partial charge in [0.2, 0.25) is 0 Å². The summed E-state index contributed by atoms with van der Waals surface area (Å²) in [7, 11) is 0. The molecule has 6 nitrogen and oxygen atoms in total. The number of aliphatic imine (C=N–C) groups is 2. The zero-order valence-corrected chi connectivity index (χ0v) is 21.4. The summed E-state index contributed by atoms with van der Waals surface area (Å²) in [6, 6.07) is 3.91. The highest BCUT2D eigenvalue weighted by Gasteiger charge is 2.52. The van der Waals surface area contributed by atoms with E-state index in [2.05, 4.69) is 31.8 Å². The van der Waals surface area contributed by atoms with Crippen molar-refractivity contribution in [1.82, 2.24) is 0 Å². The van der Waals surface area contributed by atoms with Gasteiger partial charge in [-0.25, -0.2) is 10.5 Å². The van der Waals surface area contributed by atoms with Crippen molar-refractivity contribution < 1.29 is 0 Å². The quantitative estimate of drug-likeness (QED) is 0.237. The summed E-state index contributed by atoms with van der Waals surface area (Å²) in [5.41, 5.74) is 4.03. The molecule has 0 aromatic carbocycles. The van der Waals surface area contributed by atoms with Gasteiger partial charge in [-0.1, -0.05) is 51.7 Å². The Morgan fingerprint density at radius 1 is 0.722 bits per heavy atom. The van der Waals surface area contributed by atoms with E-state index >= 15 is 0 Å². The fraction of sp³-hybridized carbons (Fsp3) is 0.429. The molecule has 0 amide bonds. The van der Waals surface area contributed by atoms with Gasteiger partial charge in [-0.15, -0.1) is 32.7 Å². The van der Waals surface area contributed by atoms with Crippen LogP contribution >= 0.6 is 22.7 Å². The van der Waals surface area contributed by atoms with Crippen LogP contribution in [0.1, 0.15) is 85.1 Å². The Balaban J connectivity index is 1.56. The van der Waals surface area contributed by atoms with Crippen molar-refractivity contribution in [2.75, 3.05) is 0 Å². The van der Waals surface area contributed by atoms with Gasteiger partial charge in [0.05, 0.1) is 20.2 Å². The summed E-state index contributed by atoms with van der Waals surface area (Å²) in [4.78, 5) is 18.3. The van der Waals surface area contributed by atoms with E-state index in [4.69, 9.17) is 13.1 Å². The van der Waals surface area contributed by atoms with Gasteiger partial charge in [0.1, 0.15) is 23.5 Å². The van der Waals surface area contributed by atoms with Crippen LogP contribution in [0.3, 0.4) is 0 Å². The fourth-order valence-electron chi connectivity index (χ4n) is 6.84. The lowest BCUT2D eigenvalue weighted by atomic mass is 9.68. The Hall–Kier alpha value is -3.56. The van der Waals surface area contributed by atoms with Gasteiger partial charge >= 0.3 is 11.7 Å². The molecule has 2 fully saturated rings. The van der Waals surface area contributed by atoms with E-state index in [9.17, 15) is 10.5 Å². The minimum atomic E-state index is -0.223. The Morgan fingerprint density at radius 2 is 1.11 bits per heavy atom. The van der Waals surface area contributed by atoms with Crippen LogP contribution in [0.4, 0.5) is 0 Å². The number of amidine groups is 2. The third-order valence-electron chi connectivity index (χ3n) is 8.33. The molecule has 0 aliphatic heterocycles. The Morgan fingerprint density at radius 3 is 1.44 bits per heavy atom. The van der Waals surface area contributed by atoms with Crippen LogP contribution in [0.25, 0.3) is 31.2 Å². The van der Waals surface area contributed by atoms with Gasteiger partial charge in [0, 0.05) is 33.0 Å².